The van der Waals surface area contributed by atoms with Crippen molar-refractivity contribution in [3.8, 4) is 0 Å². The Kier molecular flexibility index (Phi) is 5.02. The number of aryl methyl sites for hydroxylation is 1. The van der Waals surface area contributed by atoms with Gasteiger partial charge >= 0.3 is 0 Å². The summed E-state index contributed by atoms with van der Waals surface area (Å²) in [5, 5.41) is 5.52. The van der Waals surface area contributed by atoms with E-state index in [0.717, 1.165) is 31.9 Å². The van der Waals surface area contributed by atoms with E-state index < -0.39 is 0 Å². The fourth-order valence-corrected chi connectivity index (χ4v) is 3.60. The maximum Gasteiger partial charge on any atom is 0.222 e. The maximum absolute atomic E-state index is 5.67. The fraction of sp³-hybridized carbons (Fsp3) is 0.500. The Morgan fingerprint density at radius 2 is 2.41 bits per heavy atom. The molecule has 1 aliphatic heterocycles. The first-order chi connectivity index (χ1) is 10.7. The van der Waals surface area contributed by atoms with Crippen LogP contribution in [0.2, 0.25) is 0 Å². The van der Waals surface area contributed by atoms with Gasteiger partial charge in [0.25, 0.3) is 0 Å². The number of morpholine rings is 1. The minimum absolute atomic E-state index is 0.284. The molecule has 3 heterocycles. The maximum atomic E-state index is 5.67. The van der Waals surface area contributed by atoms with Crippen LogP contribution in [0.5, 0.6) is 0 Å². The molecule has 1 N–H and O–H groups in total. The van der Waals surface area contributed by atoms with E-state index in [1.54, 1.807) is 17.5 Å². The zero-order chi connectivity index (χ0) is 15.4. The number of thiophene rings is 1. The lowest BCUT2D eigenvalue weighted by atomic mass is 10.1. The smallest absolute Gasteiger partial charge is 0.222 e. The lowest BCUT2D eigenvalue weighted by molar-refractivity contribution is -0.0322. The summed E-state index contributed by atoms with van der Waals surface area (Å²) in [5.41, 5.74) is 0.977. The van der Waals surface area contributed by atoms with Gasteiger partial charge in [0.2, 0.25) is 5.95 Å². The molecule has 0 bridgehead atoms. The summed E-state index contributed by atoms with van der Waals surface area (Å²) in [5.74, 6) is 0.697. The molecular formula is C16H22N4OS. The number of nitrogens with one attached hydrogen (secondary N) is 1. The number of aromatic nitrogens is 2. The first-order valence-corrected chi connectivity index (χ1v) is 8.53. The van der Waals surface area contributed by atoms with Crippen molar-refractivity contribution in [3.05, 3.63) is 40.3 Å². The second-order valence-corrected chi connectivity index (χ2v) is 6.59. The van der Waals surface area contributed by atoms with E-state index in [-0.39, 0.29) is 6.10 Å². The fourth-order valence-electron chi connectivity index (χ4n) is 2.74. The summed E-state index contributed by atoms with van der Waals surface area (Å²) in [6.07, 6.45) is 2.08. The molecule has 5 nitrogen and oxygen atoms in total. The third-order valence-electron chi connectivity index (χ3n) is 3.83. The number of ether oxygens (including phenoxy) is 1. The normalized spacial score (nSPS) is 20.7. The summed E-state index contributed by atoms with van der Waals surface area (Å²) in [6, 6.07) is 6.55. The standard InChI is InChI=1S/C16H22N4OS/c1-12-5-6-17-16(19-12)18-10-14(15-4-3-9-22-15)20-7-8-21-13(2)11-20/h3-6,9,13-14H,7-8,10-11H2,1-2H3,(H,17,18,19)/t13-,14+/m1/s1. The first-order valence-electron chi connectivity index (χ1n) is 7.65. The first kappa shape index (κ1) is 15.4. The zero-order valence-electron chi connectivity index (χ0n) is 13.0. The van der Waals surface area contributed by atoms with E-state index in [0.29, 0.717) is 12.0 Å². The second kappa shape index (κ2) is 7.17. The van der Waals surface area contributed by atoms with Gasteiger partial charge in [-0.3, -0.25) is 4.90 Å². The van der Waals surface area contributed by atoms with Gasteiger partial charge in [-0.1, -0.05) is 6.07 Å². The van der Waals surface area contributed by atoms with Gasteiger partial charge in [-0.25, -0.2) is 9.97 Å². The molecule has 2 atom stereocenters. The molecule has 0 spiro atoms. The number of hydrogen-bond acceptors (Lipinski definition) is 6. The molecule has 0 radical (unpaired) electrons. The van der Waals surface area contributed by atoms with E-state index in [9.17, 15) is 0 Å². The molecule has 0 aliphatic carbocycles. The van der Waals surface area contributed by atoms with Crippen LogP contribution in [0.25, 0.3) is 0 Å². The molecule has 3 rings (SSSR count). The minimum atomic E-state index is 0.284. The molecule has 2 aromatic heterocycles. The van der Waals surface area contributed by atoms with E-state index in [4.69, 9.17) is 4.74 Å². The topological polar surface area (TPSA) is 50.3 Å². The quantitative estimate of drug-likeness (QED) is 0.918. The third kappa shape index (κ3) is 3.82. The van der Waals surface area contributed by atoms with Crippen LogP contribution in [0.3, 0.4) is 0 Å². The van der Waals surface area contributed by atoms with E-state index >= 15 is 0 Å². The molecule has 118 valence electrons. The highest BCUT2D eigenvalue weighted by atomic mass is 32.1. The molecule has 0 amide bonds. The largest absolute Gasteiger partial charge is 0.376 e. The van der Waals surface area contributed by atoms with Crippen LogP contribution in [0.15, 0.2) is 29.8 Å². The van der Waals surface area contributed by atoms with Gasteiger partial charge in [0.1, 0.15) is 0 Å². The molecule has 0 aromatic carbocycles. The van der Waals surface area contributed by atoms with Crippen LogP contribution in [-0.2, 0) is 4.74 Å². The van der Waals surface area contributed by atoms with Crippen molar-refractivity contribution in [2.75, 3.05) is 31.6 Å². The van der Waals surface area contributed by atoms with Gasteiger partial charge in [0.05, 0.1) is 18.8 Å². The number of hydrogen-bond donors (Lipinski definition) is 1. The van der Waals surface area contributed by atoms with Gasteiger partial charge in [0, 0.05) is 36.4 Å². The Hall–Kier alpha value is -1.50. The molecule has 1 saturated heterocycles. The summed E-state index contributed by atoms with van der Waals surface area (Å²) < 4.78 is 5.67. The predicted molar refractivity (Wildman–Crippen MR) is 89.3 cm³/mol. The summed E-state index contributed by atoms with van der Waals surface area (Å²) in [4.78, 5) is 12.6. The summed E-state index contributed by atoms with van der Waals surface area (Å²) >= 11 is 1.80. The van der Waals surface area contributed by atoms with Crippen LogP contribution in [0.4, 0.5) is 5.95 Å². The monoisotopic (exact) mass is 318 g/mol. The van der Waals surface area contributed by atoms with Crippen LogP contribution in [0, 0.1) is 6.92 Å². The Labute approximate surface area is 135 Å². The van der Waals surface area contributed by atoms with Crippen molar-refractivity contribution < 1.29 is 4.74 Å². The molecule has 0 saturated carbocycles. The van der Waals surface area contributed by atoms with Crippen molar-refractivity contribution in [1.82, 2.24) is 14.9 Å². The van der Waals surface area contributed by atoms with E-state index in [2.05, 4.69) is 44.6 Å². The Morgan fingerprint density at radius 3 is 3.14 bits per heavy atom. The van der Waals surface area contributed by atoms with Crippen molar-refractivity contribution >= 4 is 17.3 Å². The molecule has 1 fully saturated rings. The molecular weight excluding hydrogens is 296 g/mol. The van der Waals surface area contributed by atoms with Gasteiger partial charge < -0.3 is 10.1 Å². The van der Waals surface area contributed by atoms with Crippen LogP contribution >= 0.6 is 11.3 Å². The molecule has 2 aromatic rings. The number of nitrogens with zero attached hydrogens (tertiary/aromatic N) is 3. The summed E-state index contributed by atoms with van der Waals surface area (Å²) in [6.45, 7) is 7.63. The number of anilines is 1. The third-order valence-corrected chi connectivity index (χ3v) is 4.81. The van der Waals surface area contributed by atoms with Gasteiger partial charge in [0.15, 0.2) is 0 Å². The van der Waals surface area contributed by atoms with E-state index in [1.807, 2.05) is 13.0 Å². The lowest BCUT2D eigenvalue weighted by Gasteiger charge is -2.37. The Bertz CT molecular complexity index is 590. The van der Waals surface area contributed by atoms with Gasteiger partial charge in [-0.2, -0.15) is 0 Å². The molecule has 1 aliphatic rings. The average molecular weight is 318 g/mol. The highest BCUT2D eigenvalue weighted by Crippen LogP contribution is 2.27. The summed E-state index contributed by atoms with van der Waals surface area (Å²) in [7, 11) is 0. The second-order valence-electron chi connectivity index (χ2n) is 5.61. The van der Waals surface area contributed by atoms with Crippen molar-refractivity contribution in [3.63, 3.8) is 0 Å². The highest BCUT2D eigenvalue weighted by molar-refractivity contribution is 7.10. The minimum Gasteiger partial charge on any atom is -0.376 e. The SMILES string of the molecule is Cc1ccnc(NC[C@@H](c2cccs2)N2CCO[C@H](C)C2)n1. The molecule has 22 heavy (non-hydrogen) atoms. The Morgan fingerprint density at radius 1 is 1.50 bits per heavy atom. The van der Waals surface area contributed by atoms with Crippen molar-refractivity contribution in [2.45, 2.75) is 26.0 Å². The van der Waals surface area contributed by atoms with Crippen LogP contribution < -0.4 is 5.32 Å². The van der Waals surface area contributed by atoms with Gasteiger partial charge in [-0.05, 0) is 31.4 Å². The predicted octanol–water partition coefficient (Wildman–Crippen LogP) is 2.72. The van der Waals surface area contributed by atoms with Crippen LogP contribution in [-0.4, -0.2) is 47.2 Å². The molecule has 0 unspecified atom stereocenters. The van der Waals surface area contributed by atoms with Crippen molar-refractivity contribution in [1.29, 1.82) is 0 Å². The molecule has 6 heteroatoms. The van der Waals surface area contributed by atoms with E-state index in [1.165, 1.54) is 4.88 Å². The highest BCUT2D eigenvalue weighted by Gasteiger charge is 2.26. The average Bonchev–Trinajstić information content (AvgIpc) is 3.02. The van der Waals surface area contributed by atoms with Gasteiger partial charge in [-0.15, -0.1) is 11.3 Å². The lowest BCUT2D eigenvalue weighted by Crippen LogP contribution is -2.44. The Balaban J connectivity index is 1.71. The van der Waals surface area contributed by atoms with Crippen molar-refractivity contribution in [2.24, 2.45) is 0 Å². The number of rotatable bonds is 5. The van der Waals surface area contributed by atoms with Crippen LogP contribution in [0.1, 0.15) is 23.5 Å². The zero-order valence-corrected chi connectivity index (χ0v) is 13.8.